The van der Waals surface area contributed by atoms with Crippen LogP contribution in [0, 0.1) is 11.3 Å². The van der Waals surface area contributed by atoms with Gasteiger partial charge in [-0.15, -0.1) is 0 Å². The molecule has 0 aliphatic carbocycles. The molecule has 15 heavy (non-hydrogen) atoms. The van der Waals surface area contributed by atoms with Crippen molar-refractivity contribution in [3.05, 3.63) is 23.3 Å². The Balaban J connectivity index is 2.44. The number of hydrogen-bond donors (Lipinski definition) is 0. The average Bonchev–Trinajstić information content (AvgIpc) is 2.70. The van der Waals surface area contributed by atoms with Crippen molar-refractivity contribution < 1.29 is 14.2 Å². The third-order valence-corrected chi connectivity index (χ3v) is 2.29. The predicted octanol–water partition coefficient (Wildman–Crippen LogP) is 1.63. The summed E-state index contributed by atoms with van der Waals surface area (Å²) in [5.41, 5.74) is 1.85. The highest BCUT2D eigenvalue weighted by Crippen LogP contribution is 2.37. The molecule has 0 spiro atoms. The molecule has 0 radical (unpaired) electrons. The second-order valence-corrected chi connectivity index (χ2v) is 3.20. The zero-order chi connectivity index (χ0) is 10.7. The molecule has 4 nitrogen and oxygen atoms in total. The van der Waals surface area contributed by atoms with Crippen LogP contribution in [0.1, 0.15) is 11.1 Å². The van der Waals surface area contributed by atoms with Gasteiger partial charge >= 0.3 is 0 Å². The zero-order valence-corrected chi connectivity index (χ0v) is 8.45. The number of hydrogen-bond acceptors (Lipinski definition) is 4. The van der Waals surface area contributed by atoms with Crippen molar-refractivity contribution in [2.75, 3.05) is 13.9 Å². The summed E-state index contributed by atoms with van der Waals surface area (Å²) in [4.78, 5) is 0. The number of nitriles is 1. The number of rotatable bonds is 3. The van der Waals surface area contributed by atoms with Crippen LogP contribution in [-0.2, 0) is 17.8 Å². The molecule has 1 aromatic carbocycles. The SMILES string of the molecule is COCc1ccc2c(c1CC#N)OCO2. The summed E-state index contributed by atoms with van der Waals surface area (Å²) in [6, 6.07) is 5.87. The Morgan fingerprint density at radius 3 is 3.07 bits per heavy atom. The van der Waals surface area contributed by atoms with Gasteiger partial charge in [0.2, 0.25) is 6.79 Å². The summed E-state index contributed by atoms with van der Waals surface area (Å²) in [5.74, 6) is 1.39. The number of fused-ring (bicyclic) bond motifs is 1. The van der Waals surface area contributed by atoms with Crippen LogP contribution in [0.2, 0.25) is 0 Å². The molecular weight excluding hydrogens is 194 g/mol. The lowest BCUT2D eigenvalue weighted by Gasteiger charge is -2.08. The third kappa shape index (κ3) is 1.74. The molecule has 1 aromatic rings. The summed E-state index contributed by atoms with van der Waals surface area (Å²) in [7, 11) is 1.63. The van der Waals surface area contributed by atoms with Crippen molar-refractivity contribution in [1.82, 2.24) is 0 Å². The highest BCUT2D eigenvalue weighted by molar-refractivity contribution is 5.52. The van der Waals surface area contributed by atoms with Crippen LogP contribution in [0.3, 0.4) is 0 Å². The van der Waals surface area contributed by atoms with E-state index in [1.54, 1.807) is 7.11 Å². The normalized spacial score (nSPS) is 12.5. The van der Waals surface area contributed by atoms with Crippen LogP contribution in [0.15, 0.2) is 12.1 Å². The molecule has 0 fully saturated rings. The van der Waals surface area contributed by atoms with Gasteiger partial charge in [0.05, 0.1) is 19.1 Å². The molecule has 0 aromatic heterocycles. The van der Waals surface area contributed by atoms with Gasteiger partial charge in [-0.05, 0) is 11.6 Å². The van der Waals surface area contributed by atoms with Crippen LogP contribution >= 0.6 is 0 Å². The second kappa shape index (κ2) is 4.20. The predicted molar refractivity (Wildman–Crippen MR) is 52.6 cm³/mol. The van der Waals surface area contributed by atoms with E-state index in [9.17, 15) is 0 Å². The highest BCUT2D eigenvalue weighted by atomic mass is 16.7. The maximum absolute atomic E-state index is 8.76. The van der Waals surface area contributed by atoms with E-state index in [0.717, 1.165) is 11.1 Å². The monoisotopic (exact) mass is 205 g/mol. The summed E-state index contributed by atoms with van der Waals surface area (Å²) in [5, 5.41) is 8.76. The largest absolute Gasteiger partial charge is 0.454 e. The fourth-order valence-corrected chi connectivity index (χ4v) is 1.63. The molecule has 78 valence electrons. The van der Waals surface area contributed by atoms with Gasteiger partial charge in [-0.3, -0.25) is 0 Å². The van der Waals surface area contributed by atoms with Crippen LogP contribution in [-0.4, -0.2) is 13.9 Å². The quantitative estimate of drug-likeness (QED) is 0.752. The lowest BCUT2D eigenvalue weighted by atomic mass is 10.0. The van der Waals surface area contributed by atoms with Gasteiger partial charge in [0.25, 0.3) is 0 Å². The maximum atomic E-state index is 8.76. The standard InChI is InChI=1S/C11H11NO3/c1-13-6-8-2-3-10-11(15-7-14-10)9(8)4-5-12/h2-3H,4,6-7H2,1H3. The minimum absolute atomic E-state index is 0.226. The van der Waals surface area contributed by atoms with Crippen molar-refractivity contribution in [1.29, 1.82) is 5.26 Å². The summed E-state index contributed by atoms with van der Waals surface area (Å²) in [6.45, 7) is 0.706. The lowest BCUT2D eigenvalue weighted by Crippen LogP contribution is -1.98. The zero-order valence-electron chi connectivity index (χ0n) is 8.45. The summed E-state index contributed by atoms with van der Waals surface area (Å²) < 4.78 is 15.7. The van der Waals surface area contributed by atoms with E-state index in [4.69, 9.17) is 19.5 Å². The molecule has 1 heterocycles. The molecule has 4 heteroatoms. The van der Waals surface area contributed by atoms with E-state index in [2.05, 4.69) is 6.07 Å². The average molecular weight is 205 g/mol. The Labute approximate surface area is 88.0 Å². The van der Waals surface area contributed by atoms with Crippen LogP contribution in [0.5, 0.6) is 11.5 Å². The van der Waals surface area contributed by atoms with Crippen LogP contribution in [0.4, 0.5) is 0 Å². The van der Waals surface area contributed by atoms with Gasteiger partial charge in [0.15, 0.2) is 11.5 Å². The van der Waals surface area contributed by atoms with Gasteiger partial charge in [-0.1, -0.05) is 6.07 Å². The van der Waals surface area contributed by atoms with Crippen LogP contribution < -0.4 is 9.47 Å². The Kier molecular flexibility index (Phi) is 2.75. The van der Waals surface area contributed by atoms with Gasteiger partial charge in [-0.2, -0.15) is 5.26 Å². The van der Waals surface area contributed by atoms with E-state index < -0.39 is 0 Å². The molecule has 0 saturated heterocycles. The number of nitrogens with zero attached hydrogens (tertiary/aromatic N) is 1. The Morgan fingerprint density at radius 2 is 2.33 bits per heavy atom. The first-order valence-corrected chi connectivity index (χ1v) is 4.63. The minimum Gasteiger partial charge on any atom is -0.454 e. The van der Waals surface area contributed by atoms with Gasteiger partial charge in [0, 0.05) is 12.7 Å². The Hall–Kier alpha value is -1.73. The molecule has 0 saturated carbocycles. The third-order valence-electron chi connectivity index (χ3n) is 2.29. The first-order chi connectivity index (χ1) is 7.36. The van der Waals surface area contributed by atoms with E-state index in [-0.39, 0.29) is 6.79 Å². The van der Waals surface area contributed by atoms with Crippen molar-refractivity contribution >= 4 is 0 Å². The van der Waals surface area contributed by atoms with Crippen molar-refractivity contribution in [3.63, 3.8) is 0 Å². The highest BCUT2D eigenvalue weighted by Gasteiger charge is 2.20. The lowest BCUT2D eigenvalue weighted by molar-refractivity contribution is 0.172. The van der Waals surface area contributed by atoms with E-state index in [0.29, 0.717) is 24.5 Å². The fourth-order valence-electron chi connectivity index (χ4n) is 1.63. The molecule has 2 rings (SSSR count). The molecular formula is C11H11NO3. The first kappa shape index (κ1) is 9.81. The van der Waals surface area contributed by atoms with Crippen molar-refractivity contribution in [2.45, 2.75) is 13.0 Å². The van der Waals surface area contributed by atoms with E-state index in [1.807, 2.05) is 12.1 Å². The molecule has 1 aliphatic rings. The smallest absolute Gasteiger partial charge is 0.231 e. The first-order valence-electron chi connectivity index (χ1n) is 4.63. The maximum Gasteiger partial charge on any atom is 0.231 e. The van der Waals surface area contributed by atoms with Crippen LogP contribution in [0.25, 0.3) is 0 Å². The van der Waals surface area contributed by atoms with E-state index in [1.165, 1.54) is 0 Å². The number of methoxy groups -OCH3 is 1. The summed E-state index contributed by atoms with van der Waals surface area (Å²) in [6.07, 6.45) is 0.311. The Bertz CT molecular complexity index is 409. The molecule has 0 atom stereocenters. The van der Waals surface area contributed by atoms with Crippen molar-refractivity contribution in [3.8, 4) is 17.6 Å². The molecule has 0 amide bonds. The molecule has 0 N–H and O–H groups in total. The van der Waals surface area contributed by atoms with Crippen molar-refractivity contribution in [2.24, 2.45) is 0 Å². The minimum atomic E-state index is 0.226. The number of ether oxygens (including phenoxy) is 3. The van der Waals surface area contributed by atoms with Gasteiger partial charge in [-0.25, -0.2) is 0 Å². The fraction of sp³-hybridized carbons (Fsp3) is 0.364. The molecule has 1 aliphatic heterocycles. The summed E-state index contributed by atoms with van der Waals surface area (Å²) >= 11 is 0. The number of benzene rings is 1. The second-order valence-electron chi connectivity index (χ2n) is 3.20. The Morgan fingerprint density at radius 1 is 1.47 bits per heavy atom. The molecule has 0 bridgehead atoms. The topological polar surface area (TPSA) is 51.5 Å². The molecule has 0 unspecified atom stereocenters. The van der Waals surface area contributed by atoms with Gasteiger partial charge in [0.1, 0.15) is 0 Å². The van der Waals surface area contributed by atoms with Gasteiger partial charge < -0.3 is 14.2 Å². The van der Waals surface area contributed by atoms with E-state index >= 15 is 0 Å².